The van der Waals surface area contributed by atoms with Gasteiger partial charge < -0.3 is 5.32 Å². The monoisotopic (exact) mass is 307 g/mol. The van der Waals surface area contributed by atoms with E-state index >= 15 is 0 Å². The summed E-state index contributed by atoms with van der Waals surface area (Å²) in [5, 5.41) is 23.5. The van der Waals surface area contributed by atoms with Crippen molar-refractivity contribution in [3.8, 4) is 6.07 Å². The molecule has 7 heteroatoms. The van der Waals surface area contributed by atoms with E-state index < -0.39 is 4.92 Å². The van der Waals surface area contributed by atoms with Crippen LogP contribution in [0.25, 0.3) is 0 Å². The van der Waals surface area contributed by atoms with Crippen LogP contribution in [0.4, 0.5) is 17.1 Å². The second-order valence-corrected chi connectivity index (χ2v) is 4.67. The molecule has 20 heavy (non-hydrogen) atoms. The minimum Gasteiger partial charge on any atom is -0.355 e. The van der Waals surface area contributed by atoms with Gasteiger partial charge in [0.05, 0.1) is 15.0 Å². The lowest BCUT2D eigenvalue weighted by Gasteiger charge is -2.07. The van der Waals surface area contributed by atoms with Crippen LogP contribution in [0.5, 0.6) is 0 Å². The van der Waals surface area contributed by atoms with Gasteiger partial charge in [-0.1, -0.05) is 23.2 Å². The van der Waals surface area contributed by atoms with Gasteiger partial charge in [-0.05, 0) is 30.3 Å². The number of anilines is 2. The number of nitriles is 1. The third-order valence-corrected chi connectivity index (χ3v) is 3.26. The highest BCUT2D eigenvalue weighted by molar-refractivity contribution is 6.42. The second kappa shape index (κ2) is 5.78. The predicted octanol–water partition coefficient (Wildman–Crippen LogP) is 4.52. The zero-order chi connectivity index (χ0) is 14.7. The summed E-state index contributed by atoms with van der Waals surface area (Å²) < 4.78 is 0. The van der Waals surface area contributed by atoms with Crippen LogP contribution >= 0.6 is 23.2 Å². The lowest BCUT2D eigenvalue weighted by Crippen LogP contribution is -1.95. The quantitative estimate of drug-likeness (QED) is 0.668. The van der Waals surface area contributed by atoms with Crippen molar-refractivity contribution in [1.82, 2.24) is 0 Å². The van der Waals surface area contributed by atoms with Gasteiger partial charge in [0.2, 0.25) is 0 Å². The summed E-state index contributed by atoms with van der Waals surface area (Å²) in [7, 11) is 0. The van der Waals surface area contributed by atoms with Crippen LogP contribution < -0.4 is 5.32 Å². The van der Waals surface area contributed by atoms with Gasteiger partial charge in [0.1, 0.15) is 11.6 Å². The maximum absolute atomic E-state index is 10.7. The van der Waals surface area contributed by atoms with Crippen molar-refractivity contribution in [2.75, 3.05) is 5.32 Å². The van der Waals surface area contributed by atoms with E-state index in [4.69, 9.17) is 28.5 Å². The Morgan fingerprint density at radius 3 is 2.35 bits per heavy atom. The van der Waals surface area contributed by atoms with Gasteiger partial charge in [-0.3, -0.25) is 10.1 Å². The number of benzene rings is 2. The maximum Gasteiger partial charge on any atom is 0.287 e. The summed E-state index contributed by atoms with van der Waals surface area (Å²) in [6, 6.07) is 10.9. The van der Waals surface area contributed by atoms with E-state index in [1.807, 2.05) is 0 Å². The average Bonchev–Trinajstić information content (AvgIpc) is 2.42. The van der Waals surface area contributed by atoms with E-state index in [0.717, 1.165) is 0 Å². The van der Waals surface area contributed by atoms with Crippen molar-refractivity contribution in [1.29, 1.82) is 5.26 Å². The van der Waals surface area contributed by atoms with Crippen LogP contribution in [0.15, 0.2) is 36.4 Å². The first-order valence-corrected chi connectivity index (χ1v) is 6.17. The third kappa shape index (κ3) is 2.99. The lowest BCUT2D eigenvalue weighted by molar-refractivity contribution is -0.385. The first kappa shape index (κ1) is 14.1. The van der Waals surface area contributed by atoms with Crippen LogP contribution in [-0.4, -0.2) is 4.92 Å². The molecular formula is C13H7Cl2N3O2. The minimum absolute atomic E-state index is 0.0138. The molecule has 0 atom stereocenters. The molecule has 0 radical (unpaired) electrons. The first-order valence-electron chi connectivity index (χ1n) is 5.42. The molecule has 2 aromatic carbocycles. The Bertz CT molecular complexity index is 726. The van der Waals surface area contributed by atoms with Crippen LogP contribution in [-0.2, 0) is 0 Å². The lowest BCUT2D eigenvalue weighted by atomic mass is 10.1. The molecule has 0 aromatic heterocycles. The van der Waals surface area contributed by atoms with Crippen molar-refractivity contribution in [3.63, 3.8) is 0 Å². The smallest absolute Gasteiger partial charge is 0.287 e. The molecular weight excluding hydrogens is 301 g/mol. The highest BCUT2D eigenvalue weighted by Crippen LogP contribution is 2.28. The Labute approximate surface area is 124 Å². The molecule has 0 aliphatic rings. The highest BCUT2D eigenvalue weighted by Gasteiger charge is 2.13. The zero-order valence-corrected chi connectivity index (χ0v) is 11.4. The molecule has 5 nitrogen and oxygen atoms in total. The number of halogens is 2. The van der Waals surface area contributed by atoms with Crippen molar-refractivity contribution < 1.29 is 4.92 Å². The van der Waals surface area contributed by atoms with E-state index in [1.54, 1.807) is 24.3 Å². The van der Waals surface area contributed by atoms with Crippen molar-refractivity contribution in [3.05, 3.63) is 62.1 Å². The van der Waals surface area contributed by atoms with Crippen molar-refractivity contribution in [2.24, 2.45) is 0 Å². The number of hydrogen-bond donors (Lipinski definition) is 1. The Balaban J connectivity index is 2.32. The van der Waals surface area contributed by atoms with E-state index in [9.17, 15) is 10.1 Å². The Hall–Kier alpha value is -2.29. The van der Waals surface area contributed by atoms with E-state index in [1.165, 1.54) is 18.2 Å². The normalized spacial score (nSPS) is 9.85. The molecule has 100 valence electrons. The van der Waals surface area contributed by atoms with Gasteiger partial charge in [0.15, 0.2) is 0 Å². The fourth-order valence-corrected chi connectivity index (χ4v) is 1.90. The second-order valence-electron chi connectivity index (χ2n) is 3.85. The number of nitro groups is 1. The first-order chi connectivity index (χ1) is 9.51. The van der Waals surface area contributed by atoms with Gasteiger partial charge >= 0.3 is 0 Å². The zero-order valence-electron chi connectivity index (χ0n) is 9.93. The summed E-state index contributed by atoms with van der Waals surface area (Å²) in [5.41, 5.74) is 0.968. The molecule has 2 aromatic rings. The molecule has 0 saturated carbocycles. The topological polar surface area (TPSA) is 79.0 Å². The van der Waals surface area contributed by atoms with Crippen LogP contribution in [0.2, 0.25) is 10.0 Å². The largest absolute Gasteiger partial charge is 0.355 e. The molecule has 0 bridgehead atoms. The molecule has 0 spiro atoms. The summed E-state index contributed by atoms with van der Waals surface area (Å²) in [4.78, 5) is 10.1. The van der Waals surface area contributed by atoms with Crippen molar-refractivity contribution >= 4 is 40.3 Å². The summed E-state index contributed by atoms with van der Waals surface area (Å²) in [6.07, 6.45) is 0. The molecule has 0 saturated heterocycles. The molecule has 0 heterocycles. The van der Waals surface area contributed by atoms with Gasteiger partial charge in [-0.2, -0.15) is 5.26 Å². The van der Waals surface area contributed by atoms with Crippen LogP contribution in [0.3, 0.4) is 0 Å². The predicted molar refractivity (Wildman–Crippen MR) is 77.6 cm³/mol. The fourth-order valence-electron chi connectivity index (χ4n) is 1.60. The van der Waals surface area contributed by atoms with Crippen molar-refractivity contribution in [2.45, 2.75) is 0 Å². The van der Waals surface area contributed by atoms with E-state index in [2.05, 4.69) is 5.32 Å². The van der Waals surface area contributed by atoms with Gasteiger partial charge in [-0.25, -0.2) is 0 Å². The minimum atomic E-state index is -0.596. The number of nitrogens with one attached hydrogen (secondary N) is 1. The molecule has 2 rings (SSSR count). The summed E-state index contributed by atoms with van der Waals surface area (Å²) in [6.45, 7) is 0. The van der Waals surface area contributed by atoms with Gasteiger partial charge in [-0.15, -0.1) is 0 Å². The van der Waals surface area contributed by atoms with E-state index in [0.29, 0.717) is 21.4 Å². The molecule has 1 N–H and O–H groups in total. The van der Waals surface area contributed by atoms with Crippen LogP contribution in [0, 0.1) is 21.4 Å². The Morgan fingerprint density at radius 2 is 1.75 bits per heavy atom. The molecule has 0 fully saturated rings. The number of hydrogen-bond acceptors (Lipinski definition) is 4. The molecule has 0 aliphatic heterocycles. The Morgan fingerprint density at radius 1 is 1.10 bits per heavy atom. The maximum atomic E-state index is 10.7. The SMILES string of the molecule is N#Cc1cc(Nc2ccc(Cl)c(Cl)c2)ccc1[N+](=O)[O-]. The average molecular weight is 308 g/mol. The Kier molecular flexibility index (Phi) is 4.08. The van der Waals surface area contributed by atoms with Crippen LogP contribution in [0.1, 0.15) is 5.56 Å². The fraction of sp³-hybridized carbons (Fsp3) is 0. The van der Waals surface area contributed by atoms with E-state index in [-0.39, 0.29) is 11.3 Å². The number of nitrogens with zero attached hydrogens (tertiary/aromatic N) is 2. The molecule has 0 aliphatic carbocycles. The molecule has 0 amide bonds. The summed E-state index contributed by atoms with van der Waals surface area (Å²) >= 11 is 11.7. The number of rotatable bonds is 3. The van der Waals surface area contributed by atoms with Gasteiger partial charge in [0.25, 0.3) is 5.69 Å². The highest BCUT2D eigenvalue weighted by atomic mass is 35.5. The standard InChI is InChI=1S/C13H7Cl2N3O2/c14-11-3-1-10(6-12(11)15)17-9-2-4-13(18(19)20)8(5-9)7-16/h1-6,17H. The number of nitro benzene ring substituents is 1. The molecule has 0 unspecified atom stereocenters. The van der Waals surface area contributed by atoms with Gasteiger partial charge in [0, 0.05) is 17.4 Å². The summed E-state index contributed by atoms with van der Waals surface area (Å²) in [5.74, 6) is 0. The third-order valence-electron chi connectivity index (χ3n) is 2.52.